The van der Waals surface area contributed by atoms with Gasteiger partial charge in [0, 0.05) is 18.7 Å². The molecule has 0 bridgehead atoms. The van der Waals surface area contributed by atoms with Crippen molar-refractivity contribution in [3.8, 4) is 5.75 Å². The Bertz CT molecular complexity index is 412. The van der Waals surface area contributed by atoms with Gasteiger partial charge in [-0.2, -0.15) is 0 Å². The smallest absolute Gasteiger partial charge is 0.253 e. The third-order valence-electron chi connectivity index (χ3n) is 3.12. The summed E-state index contributed by atoms with van der Waals surface area (Å²) in [5.74, 6) is 0.635. The summed E-state index contributed by atoms with van der Waals surface area (Å²) in [7, 11) is 1.56. The zero-order valence-corrected chi connectivity index (χ0v) is 10.1. The monoisotopic (exact) mass is 234 g/mol. The van der Waals surface area contributed by atoms with E-state index in [9.17, 15) is 4.79 Å². The van der Waals surface area contributed by atoms with E-state index in [2.05, 4.69) is 0 Å². The van der Waals surface area contributed by atoms with Gasteiger partial charge in [-0.1, -0.05) is 0 Å². The summed E-state index contributed by atoms with van der Waals surface area (Å²) in [5.41, 5.74) is 6.94. The van der Waals surface area contributed by atoms with Gasteiger partial charge in [0.1, 0.15) is 5.75 Å². The van der Waals surface area contributed by atoms with E-state index in [0.29, 0.717) is 17.0 Å². The average molecular weight is 234 g/mol. The summed E-state index contributed by atoms with van der Waals surface area (Å²) in [5, 5.41) is 0. The molecule has 0 radical (unpaired) electrons. The van der Waals surface area contributed by atoms with E-state index in [1.165, 1.54) is 6.42 Å². The van der Waals surface area contributed by atoms with Crippen LogP contribution >= 0.6 is 0 Å². The van der Waals surface area contributed by atoms with Gasteiger partial charge in [0.2, 0.25) is 0 Å². The standard InChI is InChI=1S/C13H18N2O2/c1-17-12-9-10(5-6-11(12)14)13(16)15-7-3-2-4-8-15/h5-6,9H,2-4,7-8,14H2,1H3. The molecule has 0 unspecified atom stereocenters. The molecule has 0 spiro atoms. The van der Waals surface area contributed by atoms with Crippen LogP contribution in [0.4, 0.5) is 5.69 Å². The second-order valence-corrected chi connectivity index (χ2v) is 4.31. The minimum absolute atomic E-state index is 0.0722. The van der Waals surface area contributed by atoms with Crippen molar-refractivity contribution in [2.45, 2.75) is 19.3 Å². The van der Waals surface area contributed by atoms with Crippen LogP contribution in [-0.4, -0.2) is 31.0 Å². The zero-order chi connectivity index (χ0) is 12.3. The molecule has 2 N–H and O–H groups in total. The Labute approximate surface area is 101 Å². The predicted molar refractivity (Wildman–Crippen MR) is 67.2 cm³/mol. The van der Waals surface area contributed by atoms with Gasteiger partial charge in [-0.15, -0.1) is 0 Å². The highest BCUT2D eigenvalue weighted by atomic mass is 16.5. The van der Waals surface area contributed by atoms with Crippen LogP contribution in [0, 0.1) is 0 Å². The topological polar surface area (TPSA) is 55.6 Å². The molecule has 1 fully saturated rings. The fourth-order valence-electron chi connectivity index (χ4n) is 2.12. The van der Waals surface area contributed by atoms with Crippen LogP contribution in [-0.2, 0) is 0 Å². The van der Waals surface area contributed by atoms with E-state index in [0.717, 1.165) is 25.9 Å². The Morgan fingerprint density at radius 2 is 2.00 bits per heavy atom. The van der Waals surface area contributed by atoms with Gasteiger partial charge in [0.15, 0.2) is 0 Å². The van der Waals surface area contributed by atoms with Crippen LogP contribution in [0.5, 0.6) is 5.75 Å². The summed E-state index contributed by atoms with van der Waals surface area (Å²) in [4.78, 5) is 14.1. The molecule has 1 amide bonds. The minimum atomic E-state index is 0.0722. The number of rotatable bonds is 2. The summed E-state index contributed by atoms with van der Waals surface area (Å²) in [6.45, 7) is 1.71. The largest absolute Gasteiger partial charge is 0.495 e. The molecule has 0 atom stereocenters. The van der Waals surface area contributed by atoms with Crippen LogP contribution in [0.3, 0.4) is 0 Å². The number of nitrogens with two attached hydrogens (primary N) is 1. The van der Waals surface area contributed by atoms with Crippen LogP contribution < -0.4 is 10.5 Å². The van der Waals surface area contributed by atoms with E-state index in [4.69, 9.17) is 10.5 Å². The SMILES string of the molecule is COc1cc(C(=O)N2CCCCC2)ccc1N. The van der Waals surface area contributed by atoms with Crippen molar-refractivity contribution >= 4 is 11.6 Å². The van der Waals surface area contributed by atoms with Crippen LogP contribution in [0.1, 0.15) is 29.6 Å². The first-order valence-corrected chi connectivity index (χ1v) is 5.95. The third-order valence-corrected chi connectivity index (χ3v) is 3.12. The van der Waals surface area contributed by atoms with Crippen LogP contribution in [0.15, 0.2) is 18.2 Å². The first kappa shape index (κ1) is 11.8. The van der Waals surface area contributed by atoms with Crippen molar-refractivity contribution in [3.05, 3.63) is 23.8 Å². The quantitative estimate of drug-likeness (QED) is 0.795. The van der Waals surface area contributed by atoms with Gasteiger partial charge in [0.05, 0.1) is 12.8 Å². The van der Waals surface area contributed by atoms with Crippen LogP contribution in [0.25, 0.3) is 0 Å². The number of hydrogen-bond donors (Lipinski definition) is 1. The van der Waals surface area contributed by atoms with Crippen LogP contribution in [0.2, 0.25) is 0 Å². The second-order valence-electron chi connectivity index (χ2n) is 4.31. The number of anilines is 1. The fourth-order valence-corrected chi connectivity index (χ4v) is 2.12. The first-order chi connectivity index (χ1) is 8.22. The van der Waals surface area contributed by atoms with Gasteiger partial charge >= 0.3 is 0 Å². The van der Waals surface area contributed by atoms with Gasteiger partial charge in [0.25, 0.3) is 5.91 Å². The Morgan fingerprint density at radius 1 is 1.29 bits per heavy atom. The molecule has 1 aliphatic rings. The second kappa shape index (κ2) is 5.08. The minimum Gasteiger partial charge on any atom is -0.495 e. The summed E-state index contributed by atoms with van der Waals surface area (Å²) >= 11 is 0. The number of methoxy groups -OCH3 is 1. The summed E-state index contributed by atoms with van der Waals surface area (Å²) in [6.07, 6.45) is 3.41. The maximum atomic E-state index is 12.2. The molecule has 1 aromatic rings. The lowest BCUT2D eigenvalue weighted by Gasteiger charge is -2.26. The molecule has 1 aromatic carbocycles. The maximum absolute atomic E-state index is 12.2. The average Bonchev–Trinajstić information content (AvgIpc) is 2.39. The number of amides is 1. The predicted octanol–water partition coefficient (Wildman–Crippen LogP) is 1.90. The maximum Gasteiger partial charge on any atom is 0.253 e. The number of nitrogen functional groups attached to an aromatic ring is 1. The normalized spacial score (nSPS) is 15.7. The van der Waals surface area contributed by atoms with Crippen molar-refractivity contribution in [1.29, 1.82) is 0 Å². The molecule has 1 heterocycles. The van der Waals surface area contributed by atoms with Gasteiger partial charge in [-0.05, 0) is 37.5 Å². The number of ether oxygens (including phenoxy) is 1. The lowest BCUT2D eigenvalue weighted by Crippen LogP contribution is -2.35. The molecule has 4 heteroatoms. The Hall–Kier alpha value is -1.71. The molecule has 1 aliphatic heterocycles. The number of piperidine rings is 1. The molecule has 17 heavy (non-hydrogen) atoms. The van der Waals surface area contributed by atoms with Gasteiger partial charge < -0.3 is 15.4 Å². The zero-order valence-electron chi connectivity index (χ0n) is 10.1. The van der Waals surface area contributed by atoms with E-state index in [1.807, 2.05) is 4.90 Å². The molecular weight excluding hydrogens is 216 g/mol. The lowest BCUT2D eigenvalue weighted by atomic mass is 10.1. The number of likely N-dealkylation sites (tertiary alicyclic amines) is 1. The molecular formula is C13H18N2O2. The van der Waals surface area contributed by atoms with Crippen molar-refractivity contribution in [2.24, 2.45) is 0 Å². The van der Waals surface area contributed by atoms with E-state index < -0.39 is 0 Å². The van der Waals surface area contributed by atoms with Crippen molar-refractivity contribution in [2.75, 3.05) is 25.9 Å². The molecule has 2 rings (SSSR count). The fraction of sp³-hybridized carbons (Fsp3) is 0.462. The van der Waals surface area contributed by atoms with Gasteiger partial charge in [-0.3, -0.25) is 4.79 Å². The molecule has 4 nitrogen and oxygen atoms in total. The van der Waals surface area contributed by atoms with E-state index in [-0.39, 0.29) is 5.91 Å². The Morgan fingerprint density at radius 3 is 2.65 bits per heavy atom. The molecule has 1 saturated heterocycles. The number of hydrogen-bond acceptors (Lipinski definition) is 3. The van der Waals surface area contributed by atoms with Crippen molar-refractivity contribution in [3.63, 3.8) is 0 Å². The highest BCUT2D eigenvalue weighted by Crippen LogP contribution is 2.23. The first-order valence-electron chi connectivity index (χ1n) is 5.95. The van der Waals surface area contributed by atoms with Gasteiger partial charge in [-0.25, -0.2) is 0 Å². The molecule has 0 aliphatic carbocycles. The molecule has 92 valence electrons. The Balaban J connectivity index is 2.18. The highest BCUT2D eigenvalue weighted by molar-refractivity contribution is 5.95. The lowest BCUT2D eigenvalue weighted by molar-refractivity contribution is 0.0724. The third kappa shape index (κ3) is 2.52. The molecule has 0 saturated carbocycles. The number of carbonyl (C=O) groups excluding carboxylic acids is 1. The van der Waals surface area contributed by atoms with Crippen molar-refractivity contribution in [1.82, 2.24) is 4.90 Å². The van der Waals surface area contributed by atoms with E-state index >= 15 is 0 Å². The molecule has 0 aromatic heterocycles. The number of carbonyl (C=O) groups is 1. The Kier molecular flexibility index (Phi) is 3.52. The van der Waals surface area contributed by atoms with E-state index in [1.54, 1.807) is 25.3 Å². The van der Waals surface area contributed by atoms with Crippen molar-refractivity contribution < 1.29 is 9.53 Å². The number of benzene rings is 1. The number of nitrogens with zero attached hydrogens (tertiary/aromatic N) is 1. The highest BCUT2D eigenvalue weighted by Gasteiger charge is 2.18. The summed E-state index contributed by atoms with van der Waals surface area (Å²) in [6, 6.07) is 5.19. The summed E-state index contributed by atoms with van der Waals surface area (Å²) < 4.78 is 5.13.